The number of aryl methyl sites for hydroxylation is 2. The lowest BCUT2D eigenvalue weighted by atomic mass is 10.1. The van der Waals surface area contributed by atoms with E-state index in [2.05, 4.69) is 17.1 Å². The lowest BCUT2D eigenvalue weighted by molar-refractivity contribution is 0.462. The molecule has 2 N–H and O–H groups in total. The third-order valence-electron chi connectivity index (χ3n) is 3.27. The van der Waals surface area contributed by atoms with Crippen LogP contribution in [0.4, 0.5) is 0 Å². The number of ether oxygens (including phenoxy) is 1. The first-order valence-electron chi connectivity index (χ1n) is 6.29. The fourth-order valence-corrected chi connectivity index (χ4v) is 2.46. The third-order valence-corrected chi connectivity index (χ3v) is 3.48. The van der Waals surface area contributed by atoms with Gasteiger partial charge >= 0.3 is 0 Å². The summed E-state index contributed by atoms with van der Waals surface area (Å²) in [5, 5.41) is 0. The number of hydrogen-bond acceptors (Lipinski definition) is 3. The molecular weight excluding hydrogens is 256 g/mol. The van der Waals surface area contributed by atoms with Crippen LogP contribution in [0.15, 0.2) is 36.4 Å². The molecular formula is C15H14N2OS. The minimum atomic E-state index is 0.277. The Hall–Kier alpha value is -1.94. The van der Waals surface area contributed by atoms with E-state index in [1.807, 2.05) is 12.1 Å². The average molecular weight is 270 g/mol. The minimum Gasteiger partial charge on any atom is -0.439 e. The van der Waals surface area contributed by atoms with Crippen molar-refractivity contribution < 1.29 is 4.74 Å². The molecule has 0 atom stereocenters. The van der Waals surface area contributed by atoms with Crippen LogP contribution in [0.5, 0.6) is 11.6 Å². The first kappa shape index (κ1) is 12.1. The Morgan fingerprint density at radius 2 is 2.00 bits per heavy atom. The molecule has 19 heavy (non-hydrogen) atoms. The predicted molar refractivity (Wildman–Crippen MR) is 78.7 cm³/mol. The number of rotatable bonds is 3. The van der Waals surface area contributed by atoms with Crippen LogP contribution in [0.25, 0.3) is 0 Å². The summed E-state index contributed by atoms with van der Waals surface area (Å²) in [6.45, 7) is 0. The monoisotopic (exact) mass is 270 g/mol. The van der Waals surface area contributed by atoms with Crippen LogP contribution in [0.1, 0.15) is 23.2 Å². The Kier molecular flexibility index (Phi) is 3.17. The molecule has 3 nitrogen and oxygen atoms in total. The molecule has 0 aliphatic heterocycles. The number of nitrogens with two attached hydrogens (primary N) is 1. The van der Waals surface area contributed by atoms with Crippen LogP contribution in [0.3, 0.4) is 0 Å². The van der Waals surface area contributed by atoms with Crippen LogP contribution in [0, 0.1) is 0 Å². The molecule has 1 heterocycles. The van der Waals surface area contributed by atoms with Crippen molar-refractivity contribution in [2.45, 2.75) is 19.3 Å². The summed E-state index contributed by atoms with van der Waals surface area (Å²) in [7, 11) is 0. The van der Waals surface area contributed by atoms with E-state index >= 15 is 0 Å². The number of fused-ring (bicyclic) bond motifs is 1. The van der Waals surface area contributed by atoms with Gasteiger partial charge in [0.2, 0.25) is 5.88 Å². The van der Waals surface area contributed by atoms with Crippen molar-refractivity contribution in [2.75, 3.05) is 0 Å². The number of pyridine rings is 1. The molecule has 1 aromatic heterocycles. The molecule has 96 valence electrons. The Labute approximate surface area is 117 Å². The van der Waals surface area contributed by atoms with E-state index in [1.165, 1.54) is 24.0 Å². The van der Waals surface area contributed by atoms with E-state index in [0.717, 1.165) is 12.2 Å². The Balaban J connectivity index is 1.85. The van der Waals surface area contributed by atoms with Gasteiger partial charge in [0.1, 0.15) is 16.4 Å². The highest BCUT2D eigenvalue weighted by Crippen LogP contribution is 2.28. The fraction of sp³-hybridized carbons (Fsp3) is 0.200. The molecule has 2 aromatic rings. The van der Waals surface area contributed by atoms with Gasteiger partial charge in [0, 0.05) is 6.07 Å². The Bertz CT molecular complexity index is 640. The van der Waals surface area contributed by atoms with Crippen LogP contribution in [0.2, 0.25) is 0 Å². The van der Waals surface area contributed by atoms with Gasteiger partial charge in [-0.2, -0.15) is 0 Å². The highest BCUT2D eigenvalue weighted by Gasteiger charge is 2.11. The van der Waals surface area contributed by atoms with E-state index in [9.17, 15) is 0 Å². The standard InChI is InChI=1S/C15H14N2OS/c16-15(19)13-5-2-6-14(17-13)18-12-8-7-10-3-1-4-11(10)9-12/h2,5-9H,1,3-4H2,(H2,16,19). The van der Waals surface area contributed by atoms with Crippen LogP contribution < -0.4 is 10.5 Å². The number of hydrogen-bond donors (Lipinski definition) is 1. The number of nitrogens with zero attached hydrogens (tertiary/aromatic N) is 1. The maximum absolute atomic E-state index is 5.77. The molecule has 0 bridgehead atoms. The van der Waals surface area contributed by atoms with Crippen molar-refractivity contribution in [3.05, 3.63) is 53.2 Å². The molecule has 4 heteroatoms. The van der Waals surface area contributed by atoms with E-state index in [1.54, 1.807) is 12.1 Å². The molecule has 1 aliphatic carbocycles. The van der Waals surface area contributed by atoms with Gasteiger partial charge in [0.05, 0.1) is 0 Å². The van der Waals surface area contributed by atoms with Gasteiger partial charge in [-0.1, -0.05) is 24.4 Å². The second-order valence-corrected chi connectivity index (χ2v) is 5.05. The molecule has 1 aliphatic rings. The molecule has 0 radical (unpaired) electrons. The van der Waals surface area contributed by atoms with Gasteiger partial charge in [0.25, 0.3) is 0 Å². The largest absolute Gasteiger partial charge is 0.439 e. The van der Waals surface area contributed by atoms with E-state index < -0.39 is 0 Å². The predicted octanol–water partition coefficient (Wildman–Crippen LogP) is 3.00. The van der Waals surface area contributed by atoms with Gasteiger partial charge in [-0.3, -0.25) is 0 Å². The first-order valence-corrected chi connectivity index (χ1v) is 6.70. The first-order chi connectivity index (χ1) is 9.22. The fourth-order valence-electron chi connectivity index (χ4n) is 2.34. The Morgan fingerprint density at radius 1 is 1.16 bits per heavy atom. The number of thiocarbonyl (C=S) groups is 1. The van der Waals surface area contributed by atoms with Crippen LogP contribution >= 0.6 is 12.2 Å². The minimum absolute atomic E-state index is 0.277. The normalized spacial score (nSPS) is 13.1. The summed E-state index contributed by atoms with van der Waals surface area (Å²) >= 11 is 4.91. The molecule has 0 spiro atoms. The van der Waals surface area contributed by atoms with Crippen molar-refractivity contribution in [1.29, 1.82) is 0 Å². The zero-order valence-corrected chi connectivity index (χ0v) is 11.2. The average Bonchev–Trinajstić information content (AvgIpc) is 2.86. The molecule has 0 saturated heterocycles. The molecule has 3 rings (SSSR count). The molecule has 0 saturated carbocycles. The molecule has 0 fully saturated rings. The van der Waals surface area contributed by atoms with Crippen molar-refractivity contribution in [3.63, 3.8) is 0 Å². The van der Waals surface area contributed by atoms with Crippen LogP contribution in [-0.4, -0.2) is 9.97 Å². The zero-order valence-electron chi connectivity index (χ0n) is 10.4. The summed E-state index contributed by atoms with van der Waals surface area (Å²) in [5.41, 5.74) is 8.95. The smallest absolute Gasteiger partial charge is 0.219 e. The van der Waals surface area contributed by atoms with Crippen molar-refractivity contribution >= 4 is 17.2 Å². The van der Waals surface area contributed by atoms with Gasteiger partial charge in [0.15, 0.2) is 0 Å². The van der Waals surface area contributed by atoms with Gasteiger partial charge in [-0.05, 0) is 48.6 Å². The maximum Gasteiger partial charge on any atom is 0.219 e. The summed E-state index contributed by atoms with van der Waals surface area (Å²) in [6.07, 6.45) is 3.53. The highest BCUT2D eigenvalue weighted by atomic mass is 32.1. The van der Waals surface area contributed by atoms with Crippen molar-refractivity contribution in [2.24, 2.45) is 5.73 Å². The molecule has 0 unspecified atom stereocenters. The second-order valence-electron chi connectivity index (χ2n) is 4.61. The summed E-state index contributed by atoms with van der Waals surface area (Å²) in [4.78, 5) is 4.55. The van der Waals surface area contributed by atoms with Gasteiger partial charge in [-0.15, -0.1) is 0 Å². The quantitative estimate of drug-likeness (QED) is 0.871. The summed E-state index contributed by atoms with van der Waals surface area (Å²) in [5.74, 6) is 1.33. The van der Waals surface area contributed by atoms with E-state index in [-0.39, 0.29) is 4.99 Å². The third kappa shape index (κ3) is 2.58. The lowest BCUT2D eigenvalue weighted by Crippen LogP contribution is -2.11. The highest BCUT2D eigenvalue weighted by molar-refractivity contribution is 7.80. The Morgan fingerprint density at radius 3 is 2.84 bits per heavy atom. The number of aromatic nitrogens is 1. The van der Waals surface area contributed by atoms with Gasteiger partial charge in [-0.25, -0.2) is 4.98 Å². The molecule has 1 aromatic carbocycles. The van der Waals surface area contributed by atoms with E-state index in [0.29, 0.717) is 11.6 Å². The summed E-state index contributed by atoms with van der Waals surface area (Å²) in [6, 6.07) is 11.6. The topological polar surface area (TPSA) is 48.1 Å². The summed E-state index contributed by atoms with van der Waals surface area (Å²) < 4.78 is 5.77. The SMILES string of the molecule is NC(=S)c1cccc(Oc2ccc3c(c2)CCC3)n1. The molecule has 0 amide bonds. The number of benzene rings is 1. The second kappa shape index (κ2) is 4.97. The zero-order chi connectivity index (χ0) is 13.2. The van der Waals surface area contributed by atoms with E-state index in [4.69, 9.17) is 22.7 Å². The maximum atomic E-state index is 5.77. The van der Waals surface area contributed by atoms with Crippen molar-refractivity contribution in [1.82, 2.24) is 4.98 Å². The van der Waals surface area contributed by atoms with Crippen LogP contribution in [-0.2, 0) is 12.8 Å². The van der Waals surface area contributed by atoms with Crippen molar-refractivity contribution in [3.8, 4) is 11.6 Å². The van der Waals surface area contributed by atoms with Gasteiger partial charge < -0.3 is 10.5 Å². The lowest BCUT2D eigenvalue weighted by Gasteiger charge is -2.07.